The number of ether oxygens (including phenoxy) is 1. The smallest absolute Gasteiger partial charge is 0.429 e. The van der Waals surface area contributed by atoms with Crippen molar-refractivity contribution in [3.63, 3.8) is 0 Å². The summed E-state index contributed by atoms with van der Waals surface area (Å²) in [5.74, 6) is -2.87. The van der Waals surface area contributed by atoms with E-state index in [-0.39, 0.29) is 36.7 Å². The molecular weight excluding hydrogens is 441 g/mol. The first-order valence-corrected chi connectivity index (χ1v) is 9.54. The van der Waals surface area contributed by atoms with E-state index in [9.17, 15) is 27.9 Å². The van der Waals surface area contributed by atoms with Gasteiger partial charge in [0, 0.05) is 17.1 Å². The molecule has 0 radical (unpaired) electrons. The Balaban J connectivity index is 2.35. The van der Waals surface area contributed by atoms with Crippen LogP contribution >= 0.6 is 11.6 Å². The quantitative estimate of drug-likeness (QED) is 0.278. The van der Waals surface area contributed by atoms with Crippen molar-refractivity contribution in [3.05, 3.63) is 33.4 Å². The van der Waals surface area contributed by atoms with E-state index < -0.39 is 35.8 Å². The van der Waals surface area contributed by atoms with E-state index in [4.69, 9.17) is 27.8 Å². The Morgan fingerprint density at radius 2 is 2.00 bits per heavy atom. The summed E-state index contributed by atoms with van der Waals surface area (Å²) in [5.41, 5.74) is 10.8. The molecule has 170 valence electrons. The number of nitrogens with zero attached hydrogens (tertiary/aromatic N) is 1. The molecule has 1 aromatic carbocycles. The highest BCUT2D eigenvalue weighted by Gasteiger charge is 2.49. The van der Waals surface area contributed by atoms with Crippen LogP contribution in [0.2, 0.25) is 5.02 Å². The van der Waals surface area contributed by atoms with Gasteiger partial charge < -0.3 is 26.6 Å². The minimum atomic E-state index is -4.91. The number of hydrogen-bond acceptors (Lipinski definition) is 4. The van der Waals surface area contributed by atoms with Crippen LogP contribution in [0.1, 0.15) is 29.5 Å². The number of hydrogen-bond donors (Lipinski definition) is 4. The molecule has 1 aromatic rings. The Morgan fingerprint density at radius 1 is 1.35 bits per heavy atom. The van der Waals surface area contributed by atoms with Crippen LogP contribution in [-0.2, 0) is 9.59 Å². The Labute approximate surface area is 181 Å². The zero-order valence-electron chi connectivity index (χ0n) is 16.7. The van der Waals surface area contributed by atoms with Gasteiger partial charge in [-0.2, -0.15) is 13.2 Å². The summed E-state index contributed by atoms with van der Waals surface area (Å²) < 4.78 is 46.0. The number of benzene rings is 1. The average molecular weight is 463 g/mol. The van der Waals surface area contributed by atoms with Crippen molar-refractivity contribution in [1.82, 2.24) is 5.32 Å². The summed E-state index contributed by atoms with van der Waals surface area (Å²) in [6, 6.07) is -0.0845. The van der Waals surface area contributed by atoms with E-state index in [1.165, 1.54) is 6.07 Å². The minimum Gasteiger partial charge on any atom is -0.480 e. The summed E-state index contributed by atoms with van der Waals surface area (Å²) >= 11 is 6.17. The number of nitrogens with one attached hydrogen (secondary N) is 1. The highest BCUT2D eigenvalue weighted by atomic mass is 35.5. The van der Waals surface area contributed by atoms with Gasteiger partial charge in [-0.25, -0.2) is 4.79 Å². The van der Waals surface area contributed by atoms with Gasteiger partial charge in [-0.3, -0.25) is 9.79 Å². The van der Waals surface area contributed by atoms with Gasteiger partial charge in [0.15, 0.2) is 5.96 Å². The molecule has 8 nitrogen and oxygen atoms in total. The third kappa shape index (κ3) is 5.81. The van der Waals surface area contributed by atoms with Crippen LogP contribution in [0.25, 0.3) is 6.08 Å². The van der Waals surface area contributed by atoms with Crippen LogP contribution in [-0.4, -0.2) is 47.8 Å². The number of rotatable bonds is 7. The molecule has 0 aromatic heterocycles. The molecular formula is C19H22ClF3N4O4. The predicted octanol–water partition coefficient (Wildman–Crippen LogP) is 2.29. The van der Waals surface area contributed by atoms with E-state index in [0.717, 1.165) is 6.08 Å². The van der Waals surface area contributed by atoms with Gasteiger partial charge in [-0.15, -0.1) is 0 Å². The maximum absolute atomic E-state index is 13.6. The summed E-state index contributed by atoms with van der Waals surface area (Å²) in [4.78, 5) is 27.8. The third-order valence-electron chi connectivity index (χ3n) is 4.63. The molecule has 0 saturated heterocycles. The molecule has 31 heavy (non-hydrogen) atoms. The largest absolute Gasteiger partial charge is 0.480 e. The lowest BCUT2D eigenvalue weighted by atomic mass is 9.95. The SMILES string of the molecule is Cc1cc2c(c(C)c1Cl)C=C(C(=O)N[C@@H](CCCN=C(N)N)C(=O)O)[C@@H](C(F)(F)F)O2. The van der Waals surface area contributed by atoms with Crippen molar-refractivity contribution >= 4 is 35.5 Å². The second-order valence-electron chi connectivity index (χ2n) is 7.00. The van der Waals surface area contributed by atoms with Crippen LogP contribution in [0.15, 0.2) is 16.6 Å². The Bertz CT molecular complexity index is 943. The molecule has 6 N–H and O–H groups in total. The standard InChI is InChI=1S/C19H22ClF3N4O4/c1-8-6-13-10(9(2)14(8)20)7-11(15(31-13)19(21,22)23)16(28)27-12(17(29)30)4-3-5-26-18(24)25/h6-7,12,15H,3-5H2,1-2H3,(H,27,28)(H,29,30)(H4,24,25,26)/t12-,15-/m0/s1. The summed E-state index contributed by atoms with van der Waals surface area (Å²) in [6.07, 6.45) is -6.34. The molecule has 0 saturated carbocycles. The van der Waals surface area contributed by atoms with E-state index in [0.29, 0.717) is 16.1 Å². The number of carbonyl (C=O) groups is 2. The summed E-state index contributed by atoms with van der Waals surface area (Å²) in [6.45, 7) is 3.30. The van der Waals surface area contributed by atoms with Crippen molar-refractivity contribution in [2.45, 2.75) is 45.0 Å². The molecule has 1 amide bonds. The first-order valence-electron chi connectivity index (χ1n) is 9.16. The lowest BCUT2D eigenvalue weighted by molar-refractivity contribution is -0.185. The van der Waals surface area contributed by atoms with Crippen molar-refractivity contribution < 1.29 is 32.6 Å². The Hall–Kier alpha value is -2.95. The molecule has 2 rings (SSSR count). The maximum atomic E-state index is 13.6. The fourth-order valence-corrected chi connectivity index (χ4v) is 3.22. The van der Waals surface area contributed by atoms with E-state index >= 15 is 0 Å². The van der Waals surface area contributed by atoms with Gasteiger partial charge in [0.2, 0.25) is 6.10 Å². The van der Waals surface area contributed by atoms with Crippen molar-refractivity contribution in [3.8, 4) is 5.75 Å². The lowest BCUT2D eigenvalue weighted by Crippen LogP contribution is -2.47. The zero-order chi connectivity index (χ0) is 23.5. The van der Waals surface area contributed by atoms with Gasteiger partial charge >= 0.3 is 12.1 Å². The summed E-state index contributed by atoms with van der Waals surface area (Å²) in [7, 11) is 0. The van der Waals surface area contributed by atoms with Gasteiger partial charge in [0.05, 0.1) is 5.57 Å². The monoisotopic (exact) mass is 462 g/mol. The molecule has 0 fully saturated rings. The number of aryl methyl sites for hydroxylation is 1. The number of alkyl halides is 3. The lowest BCUT2D eigenvalue weighted by Gasteiger charge is -2.30. The van der Waals surface area contributed by atoms with Crippen LogP contribution in [0.5, 0.6) is 5.75 Å². The normalized spacial score (nSPS) is 16.5. The zero-order valence-corrected chi connectivity index (χ0v) is 17.5. The number of nitrogens with two attached hydrogens (primary N) is 2. The maximum Gasteiger partial charge on any atom is 0.429 e. The first-order chi connectivity index (χ1) is 14.3. The number of carbonyl (C=O) groups excluding carboxylic acids is 1. The van der Waals surface area contributed by atoms with Crippen LogP contribution in [0.4, 0.5) is 13.2 Å². The van der Waals surface area contributed by atoms with E-state index in [1.807, 2.05) is 0 Å². The number of aliphatic carboxylic acids is 1. The number of carboxylic acid groups (broad SMARTS) is 1. The van der Waals surface area contributed by atoms with Crippen molar-refractivity contribution in [1.29, 1.82) is 0 Å². The molecule has 0 spiro atoms. The van der Waals surface area contributed by atoms with Gasteiger partial charge in [-0.05, 0) is 50.0 Å². The van der Waals surface area contributed by atoms with E-state index in [1.54, 1.807) is 13.8 Å². The second-order valence-corrected chi connectivity index (χ2v) is 7.37. The van der Waals surface area contributed by atoms with Crippen LogP contribution in [0, 0.1) is 13.8 Å². The molecule has 1 heterocycles. The number of carboxylic acids is 1. The van der Waals surface area contributed by atoms with Crippen molar-refractivity contribution in [2.24, 2.45) is 16.5 Å². The van der Waals surface area contributed by atoms with Gasteiger partial charge in [-0.1, -0.05) is 11.6 Å². The molecule has 1 aliphatic rings. The van der Waals surface area contributed by atoms with Gasteiger partial charge in [0.25, 0.3) is 5.91 Å². The Kier molecular flexibility index (Phi) is 7.42. The van der Waals surface area contributed by atoms with E-state index in [2.05, 4.69) is 10.3 Å². The molecule has 0 aliphatic carbocycles. The Morgan fingerprint density at radius 3 is 2.55 bits per heavy atom. The molecule has 0 bridgehead atoms. The first kappa shape index (κ1) is 24.3. The third-order valence-corrected chi connectivity index (χ3v) is 5.21. The number of amides is 1. The number of halogens is 4. The molecule has 12 heteroatoms. The number of aliphatic imine (C=N–C) groups is 1. The molecule has 0 unspecified atom stereocenters. The van der Waals surface area contributed by atoms with Crippen LogP contribution in [0.3, 0.4) is 0 Å². The number of guanidine groups is 1. The summed E-state index contributed by atoms with van der Waals surface area (Å²) in [5, 5.41) is 11.8. The average Bonchev–Trinajstić information content (AvgIpc) is 2.66. The number of fused-ring (bicyclic) bond motifs is 1. The fourth-order valence-electron chi connectivity index (χ4n) is 3.07. The molecule has 1 aliphatic heterocycles. The van der Waals surface area contributed by atoms with Crippen molar-refractivity contribution in [2.75, 3.05) is 6.54 Å². The van der Waals surface area contributed by atoms with Crippen LogP contribution < -0.4 is 21.5 Å². The second kappa shape index (κ2) is 9.46. The highest BCUT2D eigenvalue weighted by Crippen LogP contribution is 2.41. The van der Waals surface area contributed by atoms with Gasteiger partial charge in [0.1, 0.15) is 11.8 Å². The topological polar surface area (TPSA) is 140 Å². The minimum absolute atomic E-state index is 0.0645. The molecule has 2 atom stereocenters. The highest BCUT2D eigenvalue weighted by molar-refractivity contribution is 6.32. The fraction of sp³-hybridized carbons (Fsp3) is 0.421. The predicted molar refractivity (Wildman–Crippen MR) is 109 cm³/mol.